The molecule has 1 aliphatic rings. The molecule has 3 aromatic carbocycles. The monoisotopic (exact) mass is 814 g/mol. The minimum absolute atomic E-state index is 0.00395. The van der Waals surface area contributed by atoms with Crippen molar-refractivity contribution in [2.24, 2.45) is 11.5 Å². The van der Waals surface area contributed by atoms with E-state index >= 15 is 0 Å². The van der Waals surface area contributed by atoms with Crippen molar-refractivity contribution in [2.45, 2.75) is 82.0 Å². The van der Waals surface area contributed by atoms with Crippen LogP contribution in [-0.4, -0.2) is 108 Å². The normalized spacial score (nSPS) is 19.3. The van der Waals surface area contributed by atoms with Crippen molar-refractivity contribution in [2.75, 3.05) is 26.7 Å². The van der Waals surface area contributed by atoms with Gasteiger partial charge in [-0.15, -0.1) is 0 Å². The Morgan fingerprint density at radius 2 is 1.39 bits per heavy atom. The standard InChI is InChI=1S/C41H54N10O8/c1-51-33(10-6-19-45-35(54)12-4-11-34(42)53)39(58)49-30(9-5-20-46-41(43)44)38(57)50-31(23-26-13-16-27-7-2-3-8-28(27)21-26)37(56)47-24-36(55)48-32(40(51)59)22-25-14-17-29(52)18-15-25/h2-3,7-8,13-18,21,30-33,52H,4-6,9-12,19-20,22-24H2,1H3,(H2,42,53)(H,45,54)(H,47,56)(H,48,55)(H,49,58)(H,50,57)(H4,43,44,46)/t30-,31-,32+,33+/m0/s1. The number of nitrogens with two attached hydrogens (primary N) is 2. The van der Waals surface area contributed by atoms with Crippen molar-refractivity contribution in [3.05, 3.63) is 77.9 Å². The van der Waals surface area contributed by atoms with E-state index < -0.39 is 66.2 Å². The lowest BCUT2D eigenvalue weighted by Gasteiger charge is -2.32. The molecule has 4 atom stereocenters. The van der Waals surface area contributed by atoms with E-state index in [0.29, 0.717) is 5.56 Å². The van der Waals surface area contributed by atoms with E-state index in [1.165, 1.54) is 24.1 Å². The average Bonchev–Trinajstić information content (AvgIpc) is 3.20. The second-order valence-corrected chi connectivity index (χ2v) is 14.5. The van der Waals surface area contributed by atoms with Crippen LogP contribution in [0.3, 0.4) is 0 Å². The molecule has 1 fully saturated rings. The van der Waals surface area contributed by atoms with Gasteiger partial charge >= 0.3 is 0 Å². The van der Waals surface area contributed by atoms with Gasteiger partial charge in [0.1, 0.15) is 29.9 Å². The number of fused-ring (bicyclic) bond motifs is 1. The number of carbonyl (C=O) groups excluding carboxylic acids is 7. The number of rotatable bonds is 16. The minimum Gasteiger partial charge on any atom is -0.508 e. The van der Waals surface area contributed by atoms with Crippen molar-refractivity contribution in [1.82, 2.24) is 36.8 Å². The number of phenols is 1. The number of phenolic OH excluding ortho intramolecular Hbond substituents is 1. The molecule has 7 amide bonds. The summed E-state index contributed by atoms with van der Waals surface area (Å²) in [5, 5.41) is 35.5. The third-order valence-electron chi connectivity index (χ3n) is 9.86. The molecule has 1 saturated heterocycles. The van der Waals surface area contributed by atoms with Gasteiger partial charge in [0, 0.05) is 45.8 Å². The van der Waals surface area contributed by atoms with Crippen LogP contribution in [0, 0.1) is 5.41 Å². The molecule has 0 aliphatic carbocycles. The van der Waals surface area contributed by atoms with Gasteiger partial charge in [-0.1, -0.05) is 54.6 Å². The number of benzene rings is 3. The summed E-state index contributed by atoms with van der Waals surface area (Å²) >= 11 is 0. The quantitative estimate of drug-likeness (QED) is 0.0505. The van der Waals surface area contributed by atoms with E-state index in [-0.39, 0.29) is 88.5 Å². The molecule has 12 N–H and O–H groups in total. The first-order valence-corrected chi connectivity index (χ1v) is 19.5. The molecule has 0 bridgehead atoms. The summed E-state index contributed by atoms with van der Waals surface area (Å²) in [5.41, 5.74) is 11.9. The van der Waals surface area contributed by atoms with Crippen LogP contribution >= 0.6 is 0 Å². The summed E-state index contributed by atoms with van der Waals surface area (Å²) < 4.78 is 0. The number of hydrogen-bond donors (Lipinski definition) is 10. The van der Waals surface area contributed by atoms with Gasteiger partial charge in [-0.3, -0.25) is 39.0 Å². The van der Waals surface area contributed by atoms with Crippen LogP contribution in [0.15, 0.2) is 66.7 Å². The highest BCUT2D eigenvalue weighted by Crippen LogP contribution is 2.18. The molecular formula is C41H54N10O8. The number of amides is 7. The predicted octanol–water partition coefficient (Wildman–Crippen LogP) is -0.443. The van der Waals surface area contributed by atoms with Crippen LogP contribution in [0.25, 0.3) is 10.8 Å². The Labute approximate surface area is 342 Å². The van der Waals surface area contributed by atoms with E-state index in [0.717, 1.165) is 16.3 Å². The zero-order valence-electron chi connectivity index (χ0n) is 33.1. The van der Waals surface area contributed by atoms with E-state index in [1.807, 2.05) is 42.5 Å². The summed E-state index contributed by atoms with van der Waals surface area (Å²) in [6, 6.07) is 14.5. The van der Waals surface area contributed by atoms with Crippen LogP contribution in [0.4, 0.5) is 0 Å². The van der Waals surface area contributed by atoms with Gasteiger partial charge < -0.3 is 53.4 Å². The van der Waals surface area contributed by atoms with Crippen LogP contribution in [0.1, 0.15) is 56.1 Å². The SMILES string of the molecule is CN1C(=O)[C@@H](Cc2ccc(O)cc2)NC(=O)CNC(=O)[C@H](Cc2ccc3ccccc3c2)NC(=O)[C@H](CCCNC(=N)N)NC(=O)[C@H]1CCCNC(=O)CCCC(N)=O. The molecule has 3 aromatic rings. The van der Waals surface area contributed by atoms with Crippen molar-refractivity contribution < 1.29 is 38.7 Å². The average molecular weight is 815 g/mol. The maximum Gasteiger partial charge on any atom is 0.245 e. The number of guanidine groups is 1. The molecule has 0 aromatic heterocycles. The van der Waals surface area contributed by atoms with E-state index in [4.69, 9.17) is 16.9 Å². The van der Waals surface area contributed by atoms with Crippen molar-refractivity contribution >= 4 is 58.1 Å². The largest absolute Gasteiger partial charge is 0.508 e. The molecule has 18 nitrogen and oxygen atoms in total. The molecule has 4 rings (SSSR count). The smallest absolute Gasteiger partial charge is 0.245 e. The zero-order chi connectivity index (χ0) is 42.9. The molecule has 0 saturated carbocycles. The van der Waals surface area contributed by atoms with E-state index in [2.05, 4.69) is 31.9 Å². The van der Waals surface area contributed by atoms with Gasteiger partial charge in [-0.05, 0) is 66.1 Å². The maximum absolute atomic E-state index is 14.3. The second kappa shape index (κ2) is 22.3. The fourth-order valence-electron chi connectivity index (χ4n) is 6.69. The third-order valence-corrected chi connectivity index (χ3v) is 9.86. The molecule has 316 valence electrons. The Kier molecular flexibility index (Phi) is 17.0. The number of nitrogens with zero attached hydrogens (tertiary/aromatic N) is 1. The summed E-state index contributed by atoms with van der Waals surface area (Å²) in [4.78, 5) is 94.5. The van der Waals surface area contributed by atoms with Gasteiger partial charge in [0.05, 0.1) is 6.54 Å². The maximum atomic E-state index is 14.3. The number of primary amides is 1. The second-order valence-electron chi connectivity index (χ2n) is 14.5. The van der Waals surface area contributed by atoms with Gasteiger partial charge in [-0.25, -0.2) is 0 Å². The third kappa shape index (κ3) is 14.6. The lowest BCUT2D eigenvalue weighted by Crippen LogP contribution is -2.58. The number of nitrogens with one attached hydrogen (secondary N) is 7. The lowest BCUT2D eigenvalue weighted by atomic mass is 10.00. The molecule has 1 heterocycles. The first-order chi connectivity index (χ1) is 28.2. The summed E-state index contributed by atoms with van der Waals surface area (Å²) in [6.45, 7) is -0.213. The highest BCUT2D eigenvalue weighted by Gasteiger charge is 2.35. The lowest BCUT2D eigenvalue weighted by molar-refractivity contribution is -0.142. The molecule has 0 radical (unpaired) electrons. The Morgan fingerprint density at radius 1 is 0.746 bits per heavy atom. The van der Waals surface area contributed by atoms with Crippen molar-refractivity contribution in [3.8, 4) is 5.75 Å². The highest BCUT2D eigenvalue weighted by atomic mass is 16.3. The number of aromatic hydroxyl groups is 1. The Morgan fingerprint density at radius 3 is 2.10 bits per heavy atom. The molecular weight excluding hydrogens is 761 g/mol. The minimum atomic E-state index is -1.22. The Balaban J connectivity index is 1.66. The molecule has 18 heteroatoms. The summed E-state index contributed by atoms with van der Waals surface area (Å²) in [7, 11) is 1.40. The fourth-order valence-corrected chi connectivity index (χ4v) is 6.69. The van der Waals surface area contributed by atoms with E-state index in [9.17, 15) is 38.7 Å². The summed E-state index contributed by atoms with van der Waals surface area (Å²) in [6.07, 6.45) is 0.973. The van der Waals surface area contributed by atoms with Crippen molar-refractivity contribution in [1.29, 1.82) is 5.41 Å². The Hall–Kier alpha value is -6.72. The van der Waals surface area contributed by atoms with Gasteiger partial charge in [-0.2, -0.15) is 0 Å². The number of likely N-dealkylation sites (N-methyl/N-ethyl adjacent to an activating group) is 1. The van der Waals surface area contributed by atoms with Gasteiger partial charge in [0.2, 0.25) is 41.4 Å². The first-order valence-electron chi connectivity index (χ1n) is 19.5. The van der Waals surface area contributed by atoms with Crippen LogP contribution in [-0.2, 0) is 46.4 Å². The van der Waals surface area contributed by atoms with Crippen LogP contribution in [0.2, 0.25) is 0 Å². The van der Waals surface area contributed by atoms with E-state index in [1.54, 1.807) is 12.1 Å². The summed E-state index contributed by atoms with van der Waals surface area (Å²) in [5.74, 6) is -4.55. The molecule has 59 heavy (non-hydrogen) atoms. The number of hydrogen-bond acceptors (Lipinski definition) is 9. The molecule has 1 aliphatic heterocycles. The predicted molar refractivity (Wildman–Crippen MR) is 219 cm³/mol. The topological polar surface area (TPSA) is 291 Å². The zero-order valence-corrected chi connectivity index (χ0v) is 33.1. The highest BCUT2D eigenvalue weighted by molar-refractivity contribution is 5.97. The van der Waals surface area contributed by atoms with Crippen LogP contribution in [0.5, 0.6) is 5.75 Å². The fraction of sp³-hybridized carbons (Fsp3) is 0.415. The first kappa shape index (κ1) is 45.0. The molecule has 0 spiro atoms. The van der Waals surface area contributed by atoms with Gasteiger partial charge in [0.25, 0.3) is 0 Å². The van der Waals surface area contributed by atoms with Gasteiger partial charge in [0.15, 0.2) is 5.96 Å². The Bertz CT molecular complexity index is 1990. The molecule has 0 unspecified atom stereocenters. The number of carbonyl (C=O) groups is 7. The van der Waals surface area contributed by atoms with Crippen LogP contribution < -0.4 is 43.4 Å². The van der Waals surface area contributed by atoms with Crippen molar-refractivity contribution in [3.63, 3.8) is 0 Å².